The maximum atomic E-state index is 12.7. The number of carbonyl (C=O) groups excluding carboxylic acids is 2. The van der Waals surface area contributed by atoms with Gasteiger partial charge in [0.05, 0.1) is 10.6 Å². The van der Waals surface area contributed by atoms with Crippen molar-refractivity contribution in [1.29, 1.82) is 0 Å². The van der Waals surface area contributed by atoms with Gasteiger partial charge < -0.3 is 9.47 Å². The highest BCUT2D eigenvalue weighted by atomic mass is 32.2. The number of rotatable bonds is 8. The minimum Gasteiger partial charge on any atom is -0.457 e. The summed E-state index contributed by atoms with van der Waals surface area (Å²) in [6.07, 6.45) is -1.17. The average Bonchev–Trinajstić information content (AvgIpc) is 2.64. The number of hydrogen-bond acceptors (Lipinski definition) is 6. The second-order valence-corrected chi connectivity index (χ2v) is 9.80. The van der Waals surface area contributed by atoms with Crippen molar-refractivity contribution in [1.82, 2.24) is 0 Å². The first kappa shape index (κ1) is 22.6. The smallest absolute Gasteiger partial charge is 0.418 e. The first-order valence-corrected chi connectivity index (χ1v) is 10.8. The van der Waals surface area contributed by atoms with Crippen molar-refractivity contribution in [2.24, 2.45) is 0 Å². The van der Waals surface area contributed by atoms with E-state index < -0.39 is 27.5 Å². The molecule has 2 rings (SSSR count). The van der Waals surface area contributed by atoms with Gasteiger partial charge in [-0.3, -0.25) is 0 Å². The van der Waals surface area contributed by atoms with E-state index in [1.807, 2.05) is 6.92 Å². The Morgan fingerprint density at radius 1 is 1.07 bits per heavy atom. The zero-order chi connectivity index (χ0) is 21.7. The predicted octanol–water partition coefficient (Wildman–Crippen LogP) is 3.48. The Labute approximate surface area is 171 Å². The van der Waals surface area contributed by atoms with Crippen LogP contribution in [0.25, 0.3) is 0 Å². The van der Waals surface area contributed by atoms with Gasteiger partial charge in [-0.25, -0.2) is 18.0 Å². The monoisotopic (exact) mass is 417 g/mol. The van der Waals surface area contributed by atoms with Gasteiger partial charge >= 0.3 is 12.4 Å². The summed E-state index contributed by atoms with van der Waals surface area (Å²) >= 11 is 0. The summed E-state index contributed by atoms with van der Waals surface area (Å²) in [5.74, 6) is -0.895. The topological polar surface area (TPSA) is 86.7 Å². The molecule has 0 amide bonds. The lowest BCUT2D eigenvalue weighted by molar-refractivity contribution is -0.164. The van der Waals surface area contributed by atoms with E-state index in [1.54, 1.807) is 69.3 Å². The SMILES string of the molecule is Cc1ccc(S(=O)(=O)CCc2ccccc2C(O[C]=O)C(=O)OC(C)(C)C)cc1. The molecule has 0 heterocycles. The Morgan fingerprint density at radius 3 is 2.28 bits per heavy atom. The molecule has 7 heteroatoms. The quantitative estimate of drug-likeness (QED) is 0.611. The molecule has 155 valence electrons. The van der Waals surface area contributed by atoms with Crippen LogP contribution in [0, 0.1) is 6.92 Å². The largest absolute Gasteiger partial charge is 0.457 e. The molecule has 2 aromatic rings. The molecule has 0 saturated carbocycles. The van der Waals surface area contributed by atoms with Crippen molar-refractivity contribution in [3.05, 3.63) is 65.2 Å². The van der Waals surface area contributed by atoms with Crippen LogP contribution in [0.1, 0.15) is 43.6 Å². The highest BCUT2D eigenvalue weighted by Gasteiger charge is 2.30. The van der Waals surface area contributed by atoms with E-state index in [0.29, 0.717) is 11.1 Å². The van der Waals surface area contributed by atoms with Crippen LogP contribution in [0.2, 0.25) is 0 Å². The third-order valence-corrected chi connectivity index (χ3v) is 5.88. The van der Waals surface area contributed by atoms with Gasteiger partial charge in [-0.05, 0) is 51.8 Å². The van der Waals surface area contributed by atoms with E-state index in [2.05, 4.69) is 0 Å². The van der Waals surface area contributed by atoms with Crippen molar-refractivity contribution in [3.8, 4) is 0 Å². The van der Waals surface area contributed by atoms with Gasteiger partial charge in [0.1, 0.15) is 5.60 Å². The Balaban J connectivity index is 2.27. The summed E-state index contributed by atoms with van der Waals surface area (Å²) in [6.45, 7) is 8.28. The summed E-state index contributed by atoms with van der Waals surface area (Å²) in [5, 5.41) is 0. The second-order valence-electron chi connectivity index (χ2n) is 7.70. The highest BCUT2D eigenvalue weighted by Crippen LogP contribution is 2.26. The first-order chi connectivity index (χ1) is 13.5. The summed E-state index contributed by atoms with van der Waals surface area (Å²) in [6, 6.07) is 13.4. The number of sulfone groups is 1. The van der Waals surface area contributed by atoms with Gasteiger partial charge in [-0.1, -0.05) is 42.0 Å². The Morgan fingerprint density at radius 2 is 1.69 bits per heavy atom. The maximum absolute atomic E-state index is 12.7. The molecular formula is C22H25O6S. The fourth-order valence-corrected chi connectivity index (χ4v) is 4.04. The third kappa shape index (κ3) is 6.42. The number of aryl methyl sites for hydroxylation is 2. The molecule has 0 spiro atoms. The number of benzene rings is 2. The molecule has 0 saturated heterocycles. The van der Waals surface area contributed by atoms with Crippen LogP contribution in [0.15, 0.2) is 53.4 Å². The summed E-state index contributed by atoms with van der Waals surface area (Å²) in [5.41, 5.74) is 1.15. The van der Waals surface area contributed by atoms with Crippen molar-refractivity contribution < 1.29 is 27.5 Å². The maximum Gasteiger partial charge on any atom is 0.418 e. The summed E-state index contributed by atoms with van der Waals surface area (Å²) in [7, 11) is -3.51. The van der Waals surface area contributed by atoms with E-state index in [9.17, 15) is 18.0 Å². The second kappa shape index (κ2) is 9.22. The molecule has 0 aliphatic heterocycles. The van der Waals surface area contributed by atoms with Crippen LogP contribution in [0.4, 0.5) is 0 Å². The number of hydrogen-bond donors (Lipinski definition) is 0. The minimum absolute atomic E-state index is 0.147. The van der Waals surface area contributed by atoms with E-state index >= 15 is 0 Å². The van der Waals surface area contributed by atoms with Crippen molar-refractivity contribution in [3.63, 3.8) is 0 Å². The van der Waals surface area contributed by atoms with E-state index in [4.69, 9.17) is 9.47 Å². The predicted molar refractivity (Wildman–Crippen MR) is 109 cm³/mol. The fraction of sp³-hybridized carbons (Fsp3) is 0.364. The normalized spacial score (nSPS) is 12.8. The minimum atomic E-state index is -3.51. The Kier molecular flexibility index (Phi) is 7.19. The van der Waals surface area contributed by atoms with E-state index in [1.165, 1.54) is 6.47 Å². The molecule has 1 radical (unpaired) electrons. The molecule has 6 nitrogen and oxygen atoms in total. The molecule has 0 aliphatic carbocycles. The van der Waals surface area contributed by atoms with E-state index in [0.717, 1.165) is 5.56 Å². The summed E-state index contributed by atoms with van der Waals surface area (Å²) < 4.78 is 35.5. The molecular weight excluding hydrogens is 392 g/mol. The zero-order valence-electron chi connectivity index (χ0n) is 17.0. The molecule has 0 fully saturated rings. The van der Waals surface area contributed by atoms with Gasteiger partial charge in [-0.2, -0.15) is 0 Å². The van der Waals surface area contributed by atoms with Gasteiger partial charge in [0.15, 0.2) is 9.84 Å². The summed E-state index contributed by atoms with van der Waals surface area (Å²) in [4.78, 5) is 23.6. The van der Waals surface area contributed by atoms with E-state index in [-0.39, 0.29) is 17.1 Å². The lowest BCUT2D eigenvalue weighted by Crippen LogP contribution is -2.29. The van der Waals surface area contributed by atoms with Gasteiger partial charge in [0.25, 0.3) is 0 Å². The molecule has 0 aromatic heterocycles. The Bertz CT molecular complexity index is 956. The molecule has 1 unspecified atom stereocenters. The van der Waals surface area contributed by atoms with Crippen LogP contribution in [-0.2, 0) is 35.3 Å². The number of esters is 1. The molecule has 0 N–H and O–H groups in total. The molecule has 1 atom stereocenters. The van der Waals surface area contributed by atoms with Crippen molar-refractivity contribution in [2.45, 2.75) is 50.7 Å². The van der Waals surface area contributed by atoms with Gasteiger partial charge in [0, 0.05) is 5.56 Å². The average molecular weight is 418 g/mol. The Hall–Kier alpha value is -2.67. The third-order valence-electron chi connectivity index (χ3n) is 4.14. The fourth-order valence-electron chi connectivity index (χ4n) is 2.77. The van der Waals surface area contributed by atoms with Crippen LogP contribution in [0.3, 0.4) is 0 Å². The molecule has 0 bridgehead atoms. The molecule has 29 heavy (non-hydrogen) atoms. The number of carbonyl (C=O) groups is 1. The van der Waals surface area contributed by atoms with Gasteiger partial charge in [-0.15, -0.1) is 0 Å². The van der Waals surface area contributed by atoms with Crippen molar-refractivity contribution in [2.75, 3.05) is 5.75 Å². The van der Waals surface area contributed by atoms with Gasteiger partial charge in [0.2, 0.25) is 6.10 Å². The lowest BCUT2D eigenvalue weighted by atomic mass is 10.00. The zero-order valence-corrected chi connectivity index (χ0v) is 17.8. The van der Waals surface area contributed by atoms with Crippen LogP contribution in [0.5, 0.6) is 0 Å². The van der Waals surface area contributed by atoms with Crippen LogP contribution in [-0.4, -0.2) is 32.2 Å². The first-order valence-electron chi connectivity index (χ1n) is 9.16. The molecule has 2 aromatic carbocycles. The lowest BCUT2D eigenvalue weighted by Gasteiger charge is -2.24. The van der Waals surface area contributed by atoms with Crippen LogP contribution >= 0.6 is 0 Å². The van der Waals surface area contributed by atoms with Crippen LogP contribution < -0.4 is 0 Å². The van der Waals surface area contributed by atoms with Crippen molar-refractivity contribution >= 4 is 22.3 Å². The highest BCUT2D eigenvalue weighted by molar-refractivity contribution is 7.91. The standard InChI is InChI=1S/C22H25O6S/c1-16-9-11-18(12-10-16)29(25,26)14-13-17-7-5-6-8-19(17)20(27-15-23)21(24)28-22(2,3)4/h5-12,20H,13-14H2,1-4H3. The molecule has 0 aliphatic rings. The number of ether oxygens (including phenoxy) is 2.